The van der Waals surface area contributed by atoms with Crippen molar-refractivity contribution in [1.82, 2.24) is 0 Å². The summed E-state index contributed by atoms with van der Waals surface area (Å²) in [6, 6.07) is 29.7. The van der Waals surface area contributed by atoms with Crippen LogP contribution in [0.4, 0.5) is 0 Å². The van der Waals surface area contributed by atoms with Gasteiger partial charge >= 0.3 is 59.5 Å². The Morgan fingerprint density at radius 3 is 1.74 bits per heavy atom. The number of halogens is 2. The van der Waals surface area contributed by atoms with Crippen LogP contribution in [-0.4, -0.2) is 3.21 Å². The molecule has 1 fully saturated rings. The Morgan fingerprint density at radius 1 is 0.735 bits per heavy atom. The van der Waals surface area contributed by atoms with Gasteiger partial charge in [0.1, 0.15) is 0 Å². The van der Waals surface area contributed by atoms with Crippen molar-refractivity contribution < 1.29 is 49.0 Å². The van der Waals surface area contributed by atoms with E-state index in [1.54, 1.807) is 27.4 Å². The van der Waals surface area contributed by atoms with Gasteiger partial charge in [-0.3, -0.25) is 6.08 Å². The van der Waals surface area contributed by atoms with Gasteiger partial charge in [-0.25, -0.2) is 6.08 Å². The second kappa shape index (κ2) is 14.7. The summed E-state index contributed by atoms with van der Waals surface area (Å²) in [6.45, 7) is 2.15. The number of benzene rings is 3. The van der Waals surface area contributed by atoms with Crippen molar-refractivity contribution in [3.05, 3.63) is 109 Å². The number of fused-ring (bicyclic) bond motifs is 3. The Hall–Kier alpha value is -1.66. The van der Waals surface area contributed by atoms with Crippen LogP contribution in [0.3, 0.4) is 0 Å². The summed E-state index contributed by atoms with van der Waals surface area (Å²) in [7, 11) is 0. The quantitative estimate of drug-likeness (QED) is 0.312. The van der Waals surface area contributed by atoms with Crippen LogP contribution in [0.25, 0.3) is 27.1 Å². The van der Waals surface area contributed by atoms with Gasteiger partial charge < -0.3 is 24.8 Å². The molecule has 174 valence electrons. The van der Waals surface area contributed by atoms with Gasteiger partial charge in [-0.2, -0.15) is 11.6 Å². The first-order valence-corrected chi connectivity index (χ1v) is 12.9. The number of hydrogen-bond acceptors (Lipinski definition) is 0. The molecule has 1 atom stereocenters. The van der Waals surface area contributed by atoms with Gasteiger partial charge in [0.25, 0.3) is 0 Å². The van der Waals surface area contributed by atoms with E-state index in [9.17, 15) is 0 Å². The van der Waals surface area contributed by atoms with Crippen LogP contribution in [0.2, 0.25) is 0 Å². The van der Waals surface area contributed by atoms with Crippen molar-refractivity contribution in [2.45, 2.75) is 39.0 Å². The molecule has 4 aromatic rings. The van der Waals surface area contributed by atoms with Gasteiger partial charge in [0.15, 0.2) is 0 Å². The molecule has 3 heteroatoms. The van der Waals surface area contributed by atoms with Crippen LogP contribution >= 0.6 is 0 Å². The molecular formula is C31H30Cl2Zr-2. The molecule has 0 bridgehead atoms. The third kappa shape index (κ3) is 7.95. The molecule has 0 radical (unpaired) electrons. The molecule has 0 amide bonds. The largest absolute Gasteiger partial charge is 0.126 e. The minimum atomic E-state index is 0. The number of hydrogen-bond donors (Lipinski definition) is 0. The van der Waals surface area contributed by atoms with Gasteiger partial charge in [0.2, 0.25) is 0 Å². The molecule has 0 aliphatic heterocycles. The van der Waals surface area contributed by atoms with Crippen molar-refractivity contribution in [3.63, 3.8) is 0 Å². The molecule has 0 nitrogen and oxygen atoms in total. The van der Waals surface area contributed by atoms with E-state index < -0.39 is 0 Å². The van der Waals surface area contributed by atoms with Crippen molar-refractivity contribution in [1.29, 1.82) is 0 Å². The molecule has 2 aliphatic carbocycles. The zero-order valence-electron chi connectivity index (χ0n) is 19.6. The third-order valence-corrected chi connectivity index (χ3v) is 7.25. The Labute approximate surface area is 231 Å². The van der Waals surface area contributed by atoms with Gasteiger partial charge in [-0.05, 0) is 0 Å². The smallest absolute Gasteiger partial charge is 0.0771 e. The summed E-state index contributed by atoms with van der Waals surface area (Å²) in [6.07, 6.45) is 14.9. The van der Waals surface area contributed by atoms with Crippen molar-refractivity contribution in [2.75, 3.05) is 0 Å². The zero-order chi connectivity index (χ0) is 22.2. The molecule has 2 aliphatic rings. The van der Waals surface area contributed by atoms with E-state index in [0.717, 1.165) is 0 Å². The Balaban J connectivity index is 0.000000183. The molecule has 0 saturated heterocycles. The monoisotopic (exact) mass is 562 g/mol. The van der Waals surface area contributed by atoms with Crippen LogP contribution in [0.5, 0.6) is 0 Å². The minimum absolute atomic E-state index is 0. The number of allylic oxidation sites excluding steroid dienone is 4. The molecule has 4 aromatic carbocycles. The average molecular weight is 565 g/mol. The Bertz CT molecular complexity index is 1180. The van der Waals surface area contributed by atoms with E-state index in [2.05, 4.69) is 104 Å². The van der Waals surface area contributed by atoms with Crippen LogP contribution in [0.1, 0.15) is 44.6 Å². The molecule has 0 spiro atoms. The van der Waals surface area contributed by atoms with Gasteiger partial charge in [-0.1, -0.05) is 79.6 Å². The predicted octanol–water partition coefficient (Wildman–Crippen LogP) is 2.47. The summed E-state index contributed by atoms with van der Waals surface area (Å²) in [4.78, 5) is 0. The molecule has 0 heterocycles. The SMILES string of the molecule is CC1[C-]=CC(c2ccccc2)=C1.[Cl-].[Cl-].[Zr+2]=[C]1CCCCC1.c1ccc2c(c1)[cH-]c1ccccc12. The zero-order valence-corrected chi connectivity index (χ0v) is 23.6. The fourth-order valence-electron chi connectivity index (χ4n) is 4.28. The normalized spacial score (nSPS) is 16.4. The van der Waals surface area contributed by atoms with Crippen LogP contribution in [-0.2, 0) is 24.2 Å². The first-order valence-electron chi connectivity index (χ1n) is 11.7. The summed E-state index contributed by atoms with van der Waals surface area (Å²) in [5.41, 5.74) is 2.58. The van der Waals surface area contributed by atoms with E-state index in [4.69, 9.17) is 0 Å². The van der Waals surface area contributed by atoms with Crippen LogP contribution in [0.15, 0.2) is 97.1 Å². The third-order valence-electron chi connectivity index (χ3n) is 6.02. The van der Waals surface area contributed by atoms with Crippen LogP contribution in [0, 0.1) is 12.0 Å². The van der Waals surface area contributed by atoms with Crippen molar-refractivity contribution in [3.8, 4) is 0 Å². The van der Waals surface area contributed by atoms with E-state index in [1.807, 2.05) is 6.07 Å². The number of rotatable bonds is 1. The maximum absolute atomic E-state index is 3.25. The van der Waals surface area contributed by atoms with Crippen molar-refractivity contribution in [2.24, 2.45) is 5.92 Å². The topological polar surface area (TPSA) is 0 Å². The average Bonchev–Trinajstić information content (AvgIpc) is 3.45. The van der Waals surface area contributed by atoms with Gasteiger partial charge in [0, 0.05) is 0 Å². The van der Waals surface area contributed by atoms with Crippen molar-refractivity contribution >= 4 is 30.3 Å². The van der Waals surface area contributed by atoms with Gasteiger partial charge in [-0.15, -0.1) is 45.3 Å². The fourth-order valence-corrected chi connectivity index (χ4v) is 5.15. The molecule has 34 heavy (non-hydrogen) atoms. The van der Waals surface area contributed by atoms with Gasteiger partial charge in [0.05, 0.1) is 0 Å². The Morgan fingerprint density at radius 2 is 1.26 bits per heavy atom. The van der Waals surface area contributed by atoms with E-state index in [-0.39, 0.29) is 24.8 Å². The maximum atomic E-state index is 3.25. The first kappa shape index (κ1) is 28.6. The standard InChI is InChI=1S/C13H9.C12H11.C6H10.2ClH.Zr/c1-3-7-12-10(5-1)9-11-6-2-4-8-13(11)12;1-10-7-8-12(9-10)11-5-3-2-4-6-11;1-2-4-6-5-3-1;;;/h1-9H;2-6,8-10H,1H3;1-5H2;2*1H;/q2*-1;;;;+2/p-2. The maximum Gasteiger partial charge on any atom is -0.0771 e. The minimum Gasteiger partial charge on any atom is -0.126 e. The Kier molecular flexibility index (Phi) is 12.3. The molecule has 1 unspecified atom stereocenters. The molecular weight excluding hydrogens is 534 g/mol. The van der Waals surface area contributed by atoms with Crippen LogP contribution < -0.4 is 24.8 Å². The predicted molar refractivity (Wildman–Crippen MR) is 137 cm³/mol. The summed E-state index contributed by atoms with van der Waals surface area (Å²) < 4.78 is 1.80. The molecule has 0 N–H and O–H groups in total. The second-order valence-corrected chi connectivity index (χ2v) is 10.3. The first-order chi connectivity index (χ1) is 15.7. The van der Waals surface area contributed by atoms with E-state index in [1.165, 1.54) is 64.8 Å². The summed E-state index contributed by atoms with van der Waals surface area (Å²) in [5.74, 6) is 0.472. The second-order valence-electron chi connectivity index (χ2n) is 8.57. The molecule has 1 saturated carbocycles. The summed E-state index contributed by atoms with van der Waals surface area (Å²) >= 11 is 1.69. The molecule has 0 aromatic heterocycles. The molecule has 6 rings (SSSR count). The fraction of sp³-hybridized carbons (Fsp3) is 0.226. The summed E-state index contributed by atoms with van der Waals surface area (Å²) in [5, 5.41) is 5.39. The van der Waals surface area contributed by atoms with E-state index in [0.29, 0.717) is 5.92 Å². The van der Waals surface area contributed by atoms with E-state index >= 15 is 0 Å².